The van der Waals surface area contributed by atoms with Gasteiger partial charge in [-0.15, -0.1) is 0 Å². The molecule has 21 heavy (non-hydrogen) atoms. The van der Waals surface area contributed by atoms with Crippen molar-refractivity contribution in [1.82, 2.24) is 15.1 Å². The zero-order chi connectivity index (χ0) is 15.1. The van der Waals surface area contributed by atoms with Gasteiger partial charge in [-0.05, 0) is 52.7 Å². The quantitative estimate of drug-likeness (QED) is 0.741. The van der Waals surface area contributed by atoms with Crippen molar-refractivity contribution in [3.63, 3.8) is 0 Å². The SMILES string of the molecule is CCCNCc1ccc(OCCc2ccnn2C)c(Br)c1. The smallest absolute Gasteiger partial charge is 0.133 e. The fraction of sp³-hybridized carbons (Fsp3) is 0.438. The number of aryl methyl sites for hydroxylation is 1. The molecule has 4 nitrogen and oxygen atoms in total. The topological polar surface area (TPSA) is 39.1 Å². The van der Waals surface area contributed by atoms with Gasteiger partial charge in [0.25, 0.3) is 0 Å². The van der Waals surface area contributed by atoms with Crippen LogP contribution in [-0.4, -0.2) is 22.9 Å². The lowest BCUT2D eigenvalue weighted by atomic mass is 10.2. The molecule has 114 valence electrons. The molecule has 0 bridgehead atoms. The van der Waals surface area contributed by atoms with Gasteiger partial charge in [0.05, 0.1) is 11.1 Å². The molecule has 2 aromatic rings. The molecule has 0 aliphatic rings. The van der Waals surface area contributed by atoms with Crippen LogP contribution in [0.1, 0.15) is 24.6 Å². The number of rotatable bonds is 8. The Morgan fingerprint density at radius 2 is 2.19 bits per heavy atom. The molecular formula is C16H22BrN3O. The van der Waals surface area contributed by atoms with E-state index in [0.29, 0.717) is 6.61 Å². The Morgan fingerprint density at radius 1 is 1.33 bits per heavy atom. The van der Waals surface area contributed by atoms with Crippen molar-refractivity contribution in [2.75, 3.05) is 13.2 Å². The van der Waals surface area contributed by atoms with Gasteiger partial charge in [-0.1, -0.05) is 13.0 Å². The second kappa shape index (κ2) is 8.20. The molecule has 0 aliphatic carbocycles. The van der Waals surface area contributed by atoms with Gasteiger partial charge in [0.15, 0.2) is 0 Å². The zero-order valence-electron chi connectivity index (χ0n) is 12.6. The molecule has 1 aromatic carbocycles. The summed E-state index contributed by atoms with van der Waals surface area (Å²) in [5, 5.41) is 7.55. The highest BCUT2D eigenvalue weighted by atomic mass is 79.9. The number of nitrogens with one attached hydrogen (secondary N) is 1. The van der Waals surface area contributed by atoms with E-state index in [2.05, 4.69) is 45.4 Å². The third-order valence-corrected chi connectivity index (χ3v) is 3.91. The van der Waals surface area contributed by atoms with Crippen LogP contribution in [0.5, 0.6) is 5.75 Å². The second-order valence-corrected chi connectivity index (χ2v) is 5.84. The second-order valence-electron chi connectivity index (χ2n) is 4.99. The average molecular weight is 352 g/mol. The van der Waals surface area contributed by atoms with Gasteiger partial charge in [-0.3, -0.25) is 4.68 Å². The maximum atomic E-state index is 5.84. The molecular weight excluding hydrogens is 330 g/mol. The number of nitrogens with zero attached hydrogens (tertiary/aromatic N) is 2. The van der Waals surface area contributed by atoms with E-state index < -0.39 is 0 Å². The molecule has 5 heteroatoms. The number of benzene rings is 1. The van der Waals surface area contributed by atoms with E-state index in [1.807, 2.05) is 30.1 Å². The lowest BCUT2D eigenvalue weighted by molar-refractivity contribution is 0.316. The molecule has 0 saturated carbocycles. The summed E-state index contributed by atoms with van der Waals surface area (Å²) in [5.41, 5.74) is 2.43. The summed E-state index contributed by atoms with van der Waals surface area (Å²) in [6.45, 7) is 4.75. The summed E-state index contributed by atoms with van der Waals surface area (Å²) in [6.07, 6.45) is 3.81. The van der Waals surface area contributed by atoms with Crippen LogP contribution in [0, 0.1) is 0 Å². The van der Waals surface area contributed by atoms with Crippen LogP contribution >= 0.6 is 15.9 Å². The predicted octanol–water partition coefficient (Wildman–Crippen LogP) is 3.30. The Kier molecular flexibility index (Phi) is 6.26. The average Bonchev–Trinajstić information content (AvgIpc) is 2.87. The minimum absolute atomic E-state index is 0.644. The van der Waals surface area contributed by atoms with Crippen molar-refractivity contribution in [2.24, 2.45) is 7.05 Å². The Hall–Kier alpha value is -1.33. The first kappa shape index (κ1) is 16.0. The zero-order valence-corrected chi connectivity index (χ0v) is 14.2. The summed E-state index contributed by atoms with van der Waals surface area (Å²) in [4.78, 5) is 0. The van der Waals surface area contributed by atoms with Crippen LogP contribution in [0.15, 0.2) is 34.9 Å². The molecule has 0 unspecified atom stereocenters. The summed E-state index contributed by atoms with van der Waals surface area (Å²) in [5.74, 6) is 0.886. The molecule has 0 aliphatic heterocycles. The number of ether oxygens (including phenoxy) is 1. The summed E-state index contributed by atoms with van der Waals surface area (Å²) >= 11 is 3.58. The Labute approximate surface area is 134 Å². The number of hydrogen-bond acceptors (Lipinski definition) is 3. The number of aromatic nitrogens is 2. The van der Waals surface area contributed by atoms with Crippen molar-refractivity contribution in [3.8, 4) is 5.75 Å². The molecule has 2 rings (SSSR count). The highest BCUT2D eigenvalue weighted by Gasteiger charge is 2.04. The Bertz CT molecular complexity index is 568. The van der Waals surface area contributed by atoms with E-state index in [1.54, 1.807) is 0 Å². The lowest BCUT2D eigenvalue weighted by Gasteiger charge is -2.10. The molecule has 1 heterocycles. The maximum absolute atomic E-state index is 5.84. The third-order valence-electron chi connectivity index (χ3n) is 3.29. The Morgan fingerprint density at radius 3 is 2.86 bits per heavy atom. The highest BCUT2D eigenvalue weighted by Crippen LogP contribution is 2.26. The van der Waals surface area contributed by atoms with Crippen LogP contribution in [0.2, 0.25) is 0 Å². The van der Waals surface area contributed by atoms with Crippen LogP contribution < -0.4 is 10.1 Å². The van der Waals surface area contributed by atoms with E-state index in [9.17, 15) is 0 Å². The van der Waals surface area contributed by atoms with E-state index in [0.717, 1.165) is 36.2 Å². The van der Waals surface area contributed by atoms with Gasteiger partial charge in [0.2, 0.25) is 0 Å². The molecule has 1 N–H and O–H groups in total. The van der Waals surface area contributed by atoms with Gasteiger partial charge in [-0.2, -0.15) is 5.10 Å². The van der Waals surface area contributed by atoms with Gasteiger partial charge in [0, 0.05) is 31.9 Å². The normalized spacial score (nSPS) is 10.8. The monoisotopic (exact) mass is 351 g/mol. The van der Waals surface area contributed by atoms with Gasteiger partial charge >= 0.3 is 0 Å². The molecule has 1 aromatic heterocycles. The minimum atomic E-state index is 0.644. The van der Waals surface area contributed by atoms with Crippen LogP contribution in [0.3, 0.4) is 0 Å². The van der Waals surface area contributed by atoms with Gasteiger partial charge in [-0.25, -0.2) is 0 Å². The fourth-order valence-electron chi connectivity index (χ4n) is 2.09. The predicted molar refractivity (Wildman–Crippen MR) is 88.5 cm³/mol. The molecule has 0 fully saturated rings. The first-order valence-electron chi connectivity index (χ1n) is 7.29. The number of halogens is 1. The Balaban J connectivity index is 1.84. The van der Waals surface area contributed by atoms with Crippen molar-refractivity contribution in [1.29, 1.82) is 0 Å². The molecule has 0 amide bonds. The summed E-state index contributed by atoms with van der Waals surface area (Å²) in [6, 6.07) is 8.26. The fourth-order valence-corrected chi connectivity index (χ4v) is 2.63. The van der Waals surface area contributed by atoms with Crippen molar-refractivity contribution in [3.05, 3.63) is 46.2 Å². The van der Waals surface area contributed by atoms with Crippen LogP contribution in [0.25, 0.3) is 0 Å². The molecule has 0 radical (unpaired) electrons. The van der Waals surface area contributed by atoms with Crippen LogP contribution in [-0.2, 0) is 20.0 Å². The molecule has 0 spiro atoms. The minimum Gasteiger partial charge on any atom is -0.492 e. The van der Waals surface area contributed by atoms with Gasteiger partial charge < -0.3 is 10.1 Å². The van der Waals surface area contributed by atoms with E-state index in [1.165, 1.54) is 11.3 Å². The number of hydrogen-bond donors (Lipinski definition) is 1. The van der Waals surface area contributed by atoms with Crippen LogP contribution in [0.4, 0.5) is 0 Å². The van der Waals surface area contributed by atoms with Gasteiger partial charge in [0.1, 0.15) is 5.75 Å². The lowest BCUT2D eigenvalue weighted by Crippen LogP contribution is -2.13. The van der Waals surface area contributed by atoms with E-state index in [4.69, 9.17) is 4.74 Å². The largest absolute Gasteiger partial charge is 0.492 e. The van der Waals surface area contributed by atoms with Crippen molar-refractivity contribution < 1.29 is 4.74 Å². The maximum Gasteiger partial charge on any atom is 0.133 e. The highest BCUT2D eigenvalue weighted by molar-refractivity contribution is 9.10. The van der Waals surface area contributed by atoms with Crippen molar-refractivity contribution in [2.45, 2.75) is 26.3 Å². The molecule has 0 atom stereocenters. The first-order valence-corrected chi connectivity index (χ1v) is 8.09. The standard InChI is InChI=1S/C16H22BrN3O/c1-3-8-18-12-13-4-5-16(15(17)11-13)21-10-7-14-6-9-19-20(14)2/h4-6,9,11,18H,3,7-8,10,12H2,1-2H3. The van der Waals surface area contributed by atoms with E-state index in [-0.39, 0.29) is 0 Å². The summed E-state index contributed by atoms with van der Waals surface area (Å²) in [7, 11) is 1.95. The van der Waals surface area contributed by atoms with Crippen molar-refractivity contribution >= 4 is 15.9 Å². The van der Waals surface area contributed by atoms with E-state index >= 15 is 0 Å². The third kappa shape index (κ3) is 4.86. The summed E-state index contributed by atoms with van der Waals surface area (Å²) < 4.78 is 8.72. The molecule has 0 saturated heterocycles. The first-order chi connectivity index (χ1) is 10.2.